The van der Waals surface area contributed by atoms with Crippen LogP contribution in [0.1, 0.15) is 23.6 Å². The number of para-hydroxylation sites is 2. The molecule has 5 nitrogen and oxygen atoms in total. The summed E-state index contributed by atoms with van der Waals surface area (Å²) < 4.78 is 12.4. The van der Waals surface area contributed by atoms with Crippen LogP contribution in [0.25, 0.3) is 89.2 Å². The average molecular weight is 618 g/mol. The number of nitrogens with zero attached hydrogens (tertiary/aromatic N) is 3. The Balaban J connectivity index is 1.11. The zero-order chi connectivity index (χ0) is 31.6. The fourth-order valence-corrected chi connectivity index (χ4v) is 7.05. The molecule has 226 valence electrons. The Bertz CT molecular complexity index is 2730. The fraction of sp³-hybridized carbons (Fsp3) is 0.0465. The van der Waals surface area contributed by atoms with Gasteiger partial charge in [-0.3, -0.25) is 0 Å². The number of fused-ring (bicyclic) bond motifs is 7. The van der Waals surface area contributed by atoms with Crippen LogP contribution in [0, 0.1) is 0 Å². The molecule has 0 spiro atoms. The number of aryl methyl sites for hydroxylation is 1. The second-order valence-corrected chi connectivity index (χ2v) is 12.3. The van der Waals surface area contributed by atoms with Crippen LogP contribution >= 0.6 is 0 Å². The van der Waals surface area contributed by atoms with Crippen molar-refractivity contribution in [1.82, 2.24) is 15.0 Å². The van der Waals surface area contributed by atoms with Crippen LogP contribution in [0.15, 0.2) is 142 Å². The SMILES string of the molecule is C1=C(c2nc(-c3ccc(-c4cccc5oc6ccccc6c45)cc3)nc(-c3ccc4ccccc4c3)n2)CCc2oc3ccccc3c21. The summed E-state index contributed by atoms with van der Waals surface area (Å²) in [4.78, 5) is 15.3. The molecule has 0 N–H and O–H groups in total. The topological polar surface area (TPSA) is 65.0 Å². The van der Waals surface area contributed by atoms with Crippen molar-refractivity contribution < 1.29 is 8.83 Å². The molecule has 0 unspecified atom stereocenters. The van der Waals surface area contributed by atoms with Crippen LogP contribution < -0.4 is 0 Å². The molecule has 0 bridgehead atoms. The highest BCUT2D eigenvalue weighted by Crippen LogP contribution is 2.39. The van der Waals surface area contributed by atoms with Crippen LogP contribution in [-0.2, 0) is 6.42 Å². The van der Waals surface area contributed by atoms with Crippen LogP contribution in [0.5, 0.6) is 0 Å². The van der Waals surface area contributed by atoms with Gasteiger partial charge in [-0.25, -0.2) is 15.0 Å². The van der Waals surface area contributed by atoms with Gasteiger partial charge in [0.05, 0.1) is 0 Å². The minimum atomic E-state index is 0.644. The summed E-state index contributed by atoms with van der Waals surface area (Å²) in [7, 11) is 0. The zero-order valence-corrected chi connectivity index (χ0v) is 25.9. The van der Waals surface area contributed by atoms with E-state index in [2.05, 4.69) is 109 Å². The lowest BCUT2D eigenvalue weighted by atomic mass is 9.95. The number of furan rings is 2. The highest BCUT2D eigenvalue weighted by molar-refractivity contribution is 6.12. The Morgan fingerprint density at radius 1 is 0.458 bits per heavy atom. The molecule has 0 aliphatic heterocycles. The lowest BCUT2D eigenvalue weighted by Gasteiger charge is -2.14. The maximum atomic E-state index is 6.19. The van der Waals surface area contributed by atoms with Crippen LogP contribution in [0.2, 0.25) is 0 Å². The summed E-state index contributed by atoms with van der Waals surface area (Å²) >= 11 is 0. The smallest absolute Gasteiger partial charge is 0.164 e. The zero-order valence-electron chi connectivity index (χ0n) is 25.9. The maximum Gasteiger partial charge on any atom is 0.164 e. The molecule has 6 aromatic carbocycles. The highest BCUT2D eigenvalue weighted by atomic mass is 16.3. The lowest BCUT2D eigenvalue weighted by Crippen LogP contribution is -2.05. The maximum absolute atomic E-state index is 6.19. The third-order valence-electron chi connectivity index (χ3n) is 9.44. The van der Waals surface area contributed by atoms with Crippen LogP contribution in [-0.4, -0.2) is 15.0 Å². The largest absolute Gasteiger partial charge is 0.460 e. The molecule has 5 heteroatoms. The molecule has 0 atom stereocenters. The number of benzene rings is 6. The molecular formula is C43H27N3O2. The molecular weight excluding hydrogens is 590 g/mol. The number of rotatable bonds is 4. The molecule has 9 aromatic rings. The van der Waals surface area contributed by atoms with Crippen molar-refractivity contribution in [2.45, 2.75) is 12.8 Å². The number of allylic oxidation sites excluding steroid dienone is 1. The molecule has 0 saturated heterocycles. The lowest BCUT2D eigenvalue weighted by molar-refractivity contribution is 0.547. The van der Waals surface area contributed by atoms with Gasteiger partial charge in [0.15, 0.2) is 17.5 Å². The Kier molecular flexibility index (Phi) is 5.93. The van der Waals surface area contributed by atoms with E-state index in [9.17, 15) is 0 Å². The van der Waals surface area contributed by atoms with Crippen molar-refractivity contribution >= 4 is 55.3 Å². The number of aromatic nitrogens is 3. The van der Waals surface area contributed by atoms with Gasteiger partial charge in [-0.05, 0) is 64.2 Å². The van der Waals surface area contributed by atoms with Crippen molar-refractivity contribution in [3.05, 3.63) is 151 Å². The van der Waals surface area contributed by atoms with Gasteiger partial charge >= 0.3 is 0 Å². The Morgan fingerprint density at radius 2 is 1.10 bits per heavy atom. The summed E-state index contributed by atoms with van der Waals surface area (Å²) in [5.74, 6) is 3.01. The summed E-state index contributed by atoms with van der Waals surface area (Å²) in [5.41, 5.74) is 9.01. The highest BCUT2D eigenvalue weighted by Gasteiger charge is 2.22. The van der Waals surface area contributed by atoms with E-state index in [-0.39, 0.29) is 0 Å². The van der Waals surface area contributed by atoms with E-state index in [1.165, 1.54) is 5.39 Å². The third kappa shape index (κ3) is 4.36. The first kappa shape index (κ1) is 26.8. The fourth-order valence-electron chi connectivity index (χ4n) is 7.05. The van der Waals surface area contributed by atoms with Gasteiger partial charge in [0, 0.05) is 39.3 Å². The number of hydrogen-bond donors (Lipinski definition) is 0. The van der Waals surface area contributed by atoms with E-state index < -0.39 is 0 Å². The molecule has 0 saturated carbocycles. The van der Waals surface area contributed by atoms with Gasteiger partial charge in [0.2, 0.25) is 0 Å². The summed E-state index contributed by atoms with van der Waals surface area (Å²) in [6.07, 6.45) is 3.78. The van der Waals surface area contributed by atoms with E-state index >= 15 is 0 Å². The first-order valence-electron chi connectivity index (χ1n) is 16.2. The Labute approximate surface area is 275 Å². The first-order valence-corrected chi connectivity index (χ1v) is 16.2. The Hall–Kier alpha value is -6.33. The van der Waals surface area contributed by atoms with E-state index in [1.54, 1.807) is 0 Å². The molecule has 3 aromatic heterocycles. The van der Waals surface area contributed by atoms with Gasteiger partial charge in [-0.15, -0.1) is 0 Å². The third-order valence-corrected chi connectivity index (χ3v) is 9.44. The minimum absolute atomic E-state index is 0.644. The average Bonchev–Trinajstić information content (AvgIpc) is 3.73. The van der Waals surface area contributed by atoms with Crippen molar-refractivity contribution in [3.8, 4) is 33.9 Å². The van der Waals surface area contributed by atoms with E-state index in [0.29, 0.717) is 17.5 Å². The predicted molar refractivity (Wildman–Crippen MR) is 193 cm³/mol. The number of hydrogen-bond acceptors (Lipinski definition) is 5. The van der Waals surface area contributed by atoms with Gasteiger partial charge < -0.3 is 8.83 Å². The van der Waals surface area contributed by atoms with Gasteiger partial charge in [-0.1, -0.05) is 109 Å². The van der Waals surface area contributed by atoms with Crippen molar-refractivity contribution in [2.24, 2.45) is 0 Å². The molecule has 48 heavy (non-hydrogen) atoms. The van der Waals surface area contributed by atoms with E-state index in [0.717, 1.165) is 90.3 Å². The summed E-state index contributed by atoms with van der Waals surface area (Å²) in [5, 5.41) is 5.68. The van der Waals surface area contributed by atoms with Gasteiger partial charge in [0.1, 0.15) is 22.5 Å². The van der Waals surface area contributed by atoms with Crippen molar-refractivity contribution in [2.75, 3.05) is 0 Å². The summed E-state index contributed by atoms with van der Waals surface area (Å²) in [6.45, 7) is 0. The van der Waals surface area contributed by atoms with Gasteiger partial charge in [-0.2, -0.15) is 0 Å². The second-order valence-electron chi connectivity index (χ2n) is 12.3. The van der Waals surface area contributed by atoms with Crippen molar-refractivity contribution in [1.29, 1.82) is 0 Å². The Morgan fingerprint density at radius 3 is 1.96 bits per heavy atom. The first-order chi connectivity index (χ1) is 23.7. The minimum Gasteiger partial charge on any atom is -0.460 e. The van der Waals surface area contributed by atoms with E-state index in [1.807, 2.05) is 30.3 Å². The van der Waals surface area contributed by atoms with Crippen LogP contribution in [0.4, 0.5) is 0 Å². The molecule has 0 fully saturated rings. The van der Waals surface area contributed by atoms with Gasteiger partial charge in [0.25, 0.3) is 0 Å². The molecule has 0 amide bonds. The van der Waals surface area contributed by atoms with Crippen LogP contribution in [0.3, 0.4) is 0 Å². The monoisotopic (exact) mass is 617 g/mol. The quantitative estimate of drug-likeness (QED) is 0.197. The van der Waals surface area contributed by atoms with E-state index in [4.69, 9.17) is 23.8 Å². The second kappa shape index (κ2) is 10.6. The predicted octanol–water partition coefficient (Wildman–Crippen LogP) is 11.2. The molecule has 1 aliphatic rings. The summed E-state index contributed by atoms with van der Waals surface area (Å²) in [6, 6.07) is 45.9. The molecule has 0 radical (unpaired) electrons. The standard InChI is InChI=1S/C43H27N3O2/c1-2-9-29-24-30(21-16-26(29)8-1)42-44-41(45-43(46-42)31-22-23-38-35(25-31)33-10-3-5-13-36(33)47-38)28-19-17-27(18-20-28)32-12-7-15-39-40(32)34-11-4-6-14-37(34)48-39/h1-21,24-25H,22-23H2. The molecule has 10 rings (SSSR count). The molecule has 1 aliphatic carbocycles. The normalized spacial score (nSPS) is 13.0. The van der Waals surface area contributed by atoms with Crippen molar-refractivity contribution in [3.63, 3.8) is 0 Å². The molecule has 3 heterocycles.